The van der Waals surface area contributed by atoms with Crippen LogP contribution in [0.2, 0.25) is 0 Å². The lowest BCUT2D eigenvalue weighted by molar-refractivity contribution is 0.333. The molecule has 1 rings (SSSR count). The molecule has 20 heavy (non-hydrogen) atoms. The number of nitrogens with one attached hydrogen (secondary N) is 1. The van der Waals surface area contributed by atoms with E-state index in [9.17, 15) is 4.21 Å². The molecular weight excluding hydrogens is 270 g/mol. The van der Waals surface area contributed by atoms with E-state index in [1.807, 2.05) is 32.0 Å². The molecule has 0 saturated heterocycles. The molecule has 0 bridgehead atoms. The minimum absolute atomic E-state index is 0.0811. The Bertz CT molecular complexity index is 423. The first-order chi connectivity index (χ1) is 9.63. The number of para-hydroxylation sites is 1. The van der Waals surface area contributed by atoms with Crippen LogP contribution in [0.3, 0.4) is 0 Å². The third-order valence-corrected chi connectivity index (χ3v) is 5.29. The maximum atomic E-state index is 12.3. The van der Waals surface area contributed by atoms with Gasteiger partial charge in [-0.1, -0.05) is 39.0 Å². The molecule has 0 aromatic heterocycles. The Morgan fingerprint density at radius 3 is 2.55 bits per heavy atom. The number of hydrogen-bond donors (Lipinski definition) is 1. The van der Waals surface area contributed by atoms with Gasteiger partial charge < -0.3 is 10.1 Å². The van der Waals surface area contributed by atoms with E-state index in [0.717, 1.165) is 24.3 Å². The van der Waals surface area contributed by atoms with Crippen LogP contribution in [0.5, 0.6) is 5.75 Å². The topological polar surface area (TPSA) is 38.3 Å². The second-order valence-electron chi connectivity index (χ2n) is 4.85. The highest BCUT2D eigenvalue weighted by molar-refractivity contribution is 7.85. The minimum Gasteiger partial charge on any atom is -0.494 e. The number of rotatable bonds is 9. The van der Waals surface area contributed by atoms with Crippen molar-refractivity contribution >= 4 is 10.8 Å². The summed E-state index contributed by atoms with van der Waals surface area (Å²) >= 11 is 0. The van der Waals surface area contributed by atoms with Crippen molar-refractivity contribution in [2.75, 3.05) is 18.9 Å². The van der Waals surface area contributed by atoms with Crippen LogP contribution in [-0.2, 0) is 10.8 Å². The number of ether oxygens (including phenoxy) is 1. The lowest BCUT2D eigenvalue weighted by Crippen LogP contribution is -2.29. The second-order valence-corrected chi connectivity index (χ2v) is 6.75. The van der Waals surface area contributed by atoms with Crippen LogP contribution in [0, 0.1) is 0 Å². The van der Waals surface area contributed by atoms with E-state index in [4.69, 9.17) is 4.74 Å². The molecule has 1 aromatic carbocycles. The molecule has 4 heteroatoms. The first-order valence-corrected chi connectivity index (χ1v) is 8.84. The summed E-state index contributed by atoms with van der Waals surface area (Å²) in [5, 5.41) is 3.67. The van der Waals surface area contributed by atoms with Gasteiger partial charge in [-0.2, -0.15) is 0 Å². The summed E-state index contributed by atoms with van der Waals surface area (Å²) < 4.78 is 18.0. The Labute approximate surface area is 125 Å². The molecule has 0 saturated carbocycles. The molecule has 0 radical (unpaired) electrons. The lowest BCUT2D eigenvalue weighted by Gasteiger charge is -2.22. The zero-order chi connectivity index (χ0) is 15.0. The van der Waals surface area contributed by atoms with Crippen LogP contribution in [0.4, 0.5) is 0 Å². The summed E-state index contributed by atoms with van der Waals surface area (Å²) in [6.45, 7) is 9.68. The van der Waals surface area contributed by atoms with E-state index in [2.05, 4.69) is 25.2 Å². The van der Waals surface area contributed by atoms with Gasteiger partial charge in [0.15, 0.2) is 0 Å². The van der Waals surface area contributed by atoms with Crippen molar-refractivity contribution in [1.82, 2.24) is 5.32 Å². The first kappa shape index (κ1) is 17.2. The molecule has 0 spiro atoms. The van der Waals surface area contributed by atoms with Gasteiger partial charge in [-0.15, -0.1) is 0 Å². The molecule has 1 aromatic rings. The predicted octanol–water partition coefficient (Wildman–Crippen LogP) is 3.28. The van der Waals surface area contributed by atoms with Gasteiger partial charge in [-0.05, 0) is 26.0 Å². The fraction of sp³-hybridized carbons (Fsp3) is 0.625. The first-order valence-electron chi connectivity index (χ1n) is 7.46. The molecule has 0 aliphatic rings. The highest BCUT2D eigenvalue weighted by atomic mass is 32.2. The van der Waals surface area contributed by atoms with Gasteiger partial charge in [-0.3, -0.25) is 4.21 Å². The van der Waals surface area contributed by atoms with Crippen molar-refractivity contribution in [3.63, 3.8) is 0 Å². The Morgan fingerprint density at radius 1 is 1.25 bits per heavy atom. The summed E-state index contributed by atoms with van der Waals surface area (Å²) in [6.07, 6.45) is 0.943. The molecule has 0 aliphatic heterocycles. The van der Waals surface area contributed by atoms with Crippen LogP contribution in [0.15, 0.2) is 24.3 Å². The van der Waals surface area contributed by atoms with Crippen molar-refractivity contribution in [1.29, 1.82) is 0 Å². The number of hydrogen-bond acceptors (Lipinski definition) is 3. The van der Waals surface area contributed by atoms with Crippen LogP contribution in [-0.4, -0.2) is 28.4 Å². The van der Waals surface area contributed by atoms with Gasteiger partial charge in [0.25, 0.3) is 0 Å². The van der Waals surface area contributed by atoms with E-state index in [-0.39, 0.29) is 11.3 Å². The highest BCUT2D eigenvalue weighted by Crippen LogP contribution is 2.26. The van der Waals surface area contributed by atoms with Crippen LogP contribution >= 0.6 is 0 Å². The Kier molecular flexibility index (Phi) is 7.85. The SMILES string of the molecule is CCNC(CS(=O)C(C)CC)c1ccccc1OCC. The molecule has 3 nitrogen and oxygen atoms in total. The van der Waals surface area contributed by atoms with Crippen LogP contribution < -0.4 is 10.1 Å². The molecular formula is C16H27NO2S. The average Bonchev–Trinajstić information content (AvgIpc) is 2.46. The van der Waals surface area contributed by atoms with Crippen molar-refractivity contribution in [2.45, 2.75) is 45.4 Å². The molecule has 0 aliphatic carbocycles. The summed E-state index contributed by atoms with van der Waals surface area (Å²) in [6, 6.07) is 8.11. The molecule has 1 N–H and O–H groups in total. The lowest BCUT2D eigenvalue weighted by atomic mass is 10.1. The smallest absolute Gasteiger partial charge is 0.124 e. The van der Waals surface area contributed by atoms with Gasteiger partial charge >= 0.3 is 0 Å². The third-order valence-electron chi connectivity index (χ3n) is 3.40. The Morgan fingerprint density at radius 2 is 1.95 bits per heavy atom. The van der Waals surface area contributed by atoms with Crippen LogP contribution in [0.25, 0.3) is 0 Å². The molecule has 114 valence electrons. The Balaban J connectivity index is 2.92. The van der Waals surface area contributed by atoms with E-state index >= 15 is 0 Å². The fourth-order valence-electron chi connectivity index (χ4n) is 2.07. The van der Waals surface area contributed by atoms with E-state index in [1.165, 1.54) is 0 Å². The summed E-state index contributed by atoms with van der Waals surface area (Å²) in [5.74, 6) is 1.52. The summed E-state index contributed by atoms with van der Waals surface area (Å²) in [4.78, 5) is 0. The Hall–Kier alpha value is -0.870. The zero-order valence-corrected chi connectivity index (χ0v) is 13.8. The van der Waals surface area contributed by atoms with Crippen molar-refractivity contribution in [3.05, 3.63) is 29.8 Å². The number of benzene rings is 1. The molecule has 3 atom stereocenters. The molecule has 0 amide bonds. The van der Waals surface area contributed by atoms with Gasteiger partial charge in [0.05, 0.1) is 6.61 Å². The monoisotopic (exact) mass is 297 g/mol. The summed E-state index contributed by atoms with van der Waals surface area (Å²) in [5.41, 5.74) is 1.10. The van der Waals surface area contributed by atoms with E-state index in [0.29, 0.717) is 12.4 Å². The van der Waals surface area contributed by atoms with Gasteiger partial charge in [0.1, 0.15) is 5.75 Å². The third kappa shape index (κ3) is 4.91. The predicted molar refractivity (Wildman–Crippen MR) is 86.8 cm³/mol. The quantitative estimate of drug-likeness (QED) is 0.760. The standard InChI is InChI=1S/C16H27NO2S/c1-5-13(4)20(18)12-15(17-6-2)14-10-8-9-11-16(14)19-7-3/h8-11,13,15,17H,5-7,12H2,1-4H3. The van der Waals surface area contributed by atoms with Gasteiger partial charge in [0.2, 0.25) is 0 Å². The van der Waals surface area contributed by atoms with Crippen LogP contribution in [0.1, 0.15) is 45.7 Å². The van der Waals surface area contributed by atoms with Gasteiger partial charge in [0, 0.05) is 33.4 Å². The molecule has 3 unspecified atom stereocenters. The highest BCUT2D eigenvalue weighted by Gasteiger charge is 2.20. The van der Waals surface area contributed by atoms with E-state index < -0.39 is 10.8 Å². The zero-order valence-electron chi connectivity index (χ0n) is 13.0. The van der Waals surface area contributed by atoms with Crippen molar-refractivity contribution < 1.29 is 8.95 Å². The minimum atomic E-state index is -0.827. The van der Waals surface area contributed by atoms with Gasteiger partial charge in [-0.25, -0.2) is 0 Å². The second kappa shape index (κ2) is 9.14. The van der Waals surface area contributed by atoms with Crippen molar-refractivity contribution in [3.8, 4) is 5.75 Å². The normalized spacial score (nSPS) is 15.6. The maximum Gasteiger partial charge on any atom is 0.124 e. The van der Waals surface area contributed by atoms with Crippen molar-refractivity contribution in [2.24, 2.45) is 0 Å². The van der Waals surface area contributed by atoms with E-state index in [1.54, 1.807) is 0 Å². The largest absolute Gasteiger partial charge is 0.494 e. The molecule has 0 fully saturated rings. The fourth-order valence-corrected chi connectivity index (χ4v) is 3.40. The molecule has 0 heterocycles. The average molecular weight is 297 g/mol. The maximum absolute atomic E-state index is 12.3. The summed E-state index contributed by atoms with van der Waals surface area (Å²) in [7, 11) is -0.827.